The maximum Gasteiger partial charge on any atom is 0.257 e. The third-order valence-corrected chi connectivity index (χ3v) is 8.91. The average molecular weight is 492 g/mol. The van der Waals surface area contributed by atoms with Gasteiger partial charge in [0, 0.05) is 38.2 Å². The number of hydrogen-bond acceptors (Lipinski definition) is 7. The van der Waals surface area contributed by atoms with Crippen molar-refractivity contribution in [2.75, 3.05) is 36.4 Å². The fraction of sp³-hybridized carbons (Fsp3) is 0.609. The maximum absolute atomic E-state index is 13.6. The van der Waals surface area contributed by atoms with Crippen molar-refractivity contribution < 1.29 is 13.2 Å². The van der Waals surface area contributed by atoms with Crippen LogP contribution in [0.25, 0.3) is 0 Å². The summed E-state index contributed by atoms with van der Waals surface area (Å²) < 4.78 is 28.8. The zero-order valence-corrected chi connectivity index (χ0v) is 21.1. The summed E-state index contributed by atoms with van der Waals surface area (Å²) in [5.74, 6) is 0.0777. The number of aromatic nitrogens is 2. The number of carbonyl (C=O) groups is 1. The van der Waals surface area contributed by atoms with Crippen LogP contribution in [0.2, 0.25) is 0 Å². The van der Waals surface area contributed by atoms with E-state index in [1.54, 1.807) is 22.5 Å². The van der Waals surface area contributed by atoms with E-state index in [9.17, 15) is 13.2 Å². The van der Waals surface area contributed by atoms with E-state index in [0.717, 1.165) is 63.0 Å². The van der Waals surface area contributed by atoms with Crippen LogP contribution in [0, 0.1) is 5.92 Å². The Hall–Kier alpha value is -2.04. The van der Waals surface area contributed by atoms with E-state index < -0.39 is 10.0 Å². The van der Waals surface area contributed by atoms with Crippen molar-refractivity contribution in [1.29, 1.82) is 0 Å². The zero-order chi connectivity index (χ0) is 23.4. The standard InChI is InChI=1S/C23H33N5O3S2/c1-17(2)15-21-25-26-23(32-21)24-22(29)18-9-10-19(27-11-5-3-6-12-27)20(16-18)33(30,31)28-13-7-4-8-14-28/h9-10,16-17H,3-8,11-15H2,1-2H3,(H,24,26,29). The summed E-state index contributed by atoms with van der Waals surface area (Å²) in [6.07, 6.45) is 6.83. The lowest BCUT2D eigenvalue weighted by molar-refractivity contribution is 0.102. The molecular formula is C23H33N5O3S2. The van der Waals surface area contributed by atoms with Gasteiger partial charge in [-0.1, -0.05) is 31.6 Å². The van der Waals surface area contributed by atoms with Crippen molar-refractivity contribution in [3.05, 3.63) is 28.8 Å². The Morgan fingerprint density at radius 1 is 1.03 bits per heavy atom. The molecule has 1 aromatic heterocycles. The molecule has 2 aliphatic heterocycles. The molecule has 2 fully saturated rings. The number of amides is 1. The van der Waals surface area contributed by atoms with Crippen molar-refractivity contribution in [3.8, 4) is 0 Å². The Balaban J connectivity index is 1.63. The molecule has 3 heterocycles. The molecule has 0 aliphatic carbocycles. The second kappa shape index (κ2) is 10.5. The monoisotopic (exact) mass is 491 g/mol. The van der Waals surface area contributed by atoms with Gasteiger partial charge in [0.15, 0.2) is 0 Å². The molecule has 33 heavy (non-hydrogen) atoms. The van der Waals surface area contributed by atoms with E-state index in [0.29, 0.717) is 35.4 Å². The fourth-order valence-electron chi connectivity index (χ4n) is 4.41. The molecular weight excluding hydrogens is 458 g/mol. The fourth-order valence-corrected chi connectivity index (χ4v) is 7.11. The quantitative estimate of drug-likeness (QED) is 0.625. The third kappa shape index (κ3) is 5.73. The maximum atomic E-state index is 13.6. The molecule has 0 unspecified atom stereocenters. The number of sulfonamides is 1. The molecule has 2 aliphatic rings. The molecule has 8 nitrogen and oxygen atoms in total. The Bertz CT molecular complexity index is 1070. The number of carbonyl (C=O) groups excluding carboxylic acids is 1. The topological polar surface area (TPSA) is 95.5 Å². The van der Waals surface area contributed by atoms with Gasteiger partial charge < -0.3 is 4.90 Å². The normalized spacial score (nSPS) is 18.0. The van der Waals surface area contributed by atoms with Crippen LogP contribution in [0.3, 0.4) is 0 Å². The lowest BCUT2D eigenvalue weighted by Gasteiger charge is -2.33. The zero-order valence-electron chi connectivity index (χ0n) is 19.4. The molecule has 2 saturated heterocycles. The summed E-state index contributed by atoms with van der Waals surface area (Å²) in [7, 11) is -3.69. The predicted octanol–water partition coefficient (Wildman–Crippen LogP) is 4.15. The first-order valence-corrected chi connectivity index (χ1v) is 14.1. The summed E-state index contributed by atoms with van der Waals surface area (Å²) in [5, 5.41) is 12.3. The van der Waals surface area contributed by atoms with Gasteiger partial charge in [-0.05, 0) is 56.2 Å². The number of nitrogens with one attached hydrogen (secondary N) is 1. The summed E-state index contributed by atoms with van der Waals surface area (Å²) in [4.78, 5) is 15.4. The first-order chi connectivity index (χ1) is 15.8. The van der Waals surface area contributed by atoms with Crippen LogP contribution >= 0.6 is 11.3 Å². The lowest BCUT2D eigenvalue weighted by atomic mass is 10.1. The molecule has 1 amide bonds. The summed E-state index contributed by atoms with van der Waals surface area (Å²) in [6, 6.07) is 5.05. The van der Waals surface area contributed by atoms with Crippen LogP contribution in [0.15, 0.2) is 23.1 Å². The van der Waals surface area contributed by atoms with Gasteiger partial charge in [-0.25, -0.2) is 8.42 Å². The minimum atomic E-state index is -3.69. The van der Waals surface area contributed by atoms with Gasteiger partial charge in [-0.15, -0.1) is 10.2 Å². The second-order valence-electron chi connectivity index (χ2n) is 9.25. The Kier molecular flexibility index (Phi) is 7.65. The predicted molar refractivity (Wildman–Crippen MR) is 132 cm³/mol. The van der Waals surface area contributed by atoms with Gasteiger partial charge in [0.2, 0.25) is 15.2 Å². The molecule has 1 N–H and O–H groups in total. The van der Waals surface area contributed by atoms with E-state index in [4.69, 9.17) is 0 Å². The van der Waals surface area contributed by atoms with Crippen LogP contribution in [0.5, 0.6) is 0 Å². The Morgan fingerprint density at radius 3 is 2.36 bits per heavy atom. The SMILES string of the molecule is CC(C)Cc1nnc(NC(=O)c2ccc(N3CCCCC3)c(S(=O)(=O)N3CCCCC3)c2)s1. The highest BCUT2D eigenvalue weighted by Gasteiger charge is 2.31. The highest BCUT2D eigenvalue weighted by molar-refractivity contribution is 7.89. The van der Waals surface area contributed by atoms with E-state index in [-0.39, 0.29) is 10.8 Å². The van der Waals surface area contributed by atoms with Crippen LogP contribution in [0.1, 0.15) is 67.7 Å². The first-order valence-electron chi connectivity index (χ1n) is 11.9. The smallest absolute Gasteiger partial charge is 0.257 e. The molecule has 0 atom stereocenters. The molecule has 0 bridgehead atoms. The highest BCUT2D eigenvalue weighted by atomic mass is 32.2. The summed E-state index contributed by atoms with van der Waals surface area (Å²) >= 11 is 1.35. The van der Waals surface area contributed by atoms with E-state index in [2.05, 4.69) is 34.3 Å². The minimum Gasteiger partial charge on any atom is -0.370 e. The van der Waals surface area contributed by atoms with Crippen LogP contribution < -0.4 is 10.2 Å². The molecule has 4 rings (SSSR count). The van der Waals surface area contributed by atoms with Crippen LogP contribution in [0.4, 0.5) is 10.8 Å². The highest BCUT2D eigenvalue weighted by Crippen LogP contribution is 2.32. The molecule has 0 radical (unpaired) electrons. The minimum absolute atomic E-state index is 0.233. The lowest BCUT2D eigenvalue weighted by Crippen LogP contribution is -2.37. The molecule has 0 spiro atoms. The van der Waals surface area contributed by atoms with E-state index in [1.807, 2.05) is 0 Å². The Labute approximate surface area is 200 Å². The third-order valence-electron chi connectivity index (χ3n) is 6.12. The van der Waals surface area contributed by atoms with Gasteiger partial charge in [-0.3, -0.25) is 10.1 Å². The van der Waals surface area contributed by atoms with Gasteiger partial charge in [0.25, 0.3) is 5.91 Å². The molecule has 0 saturated carbocycles. The number of anilines is 2. The van der Waals surface area contributed by atoms with Crippen molar-refractivity contribution in [2.24, 2.45) is 5.92 Å². The second-order valence-corrected chi connectivity index (χ2v) is 12.2. The van der Waals surface area contributed by atoms with Crippen LogP contribution in [-0.4, -0.2) is 55.0 Å². The number of piperidine rings is 2. The van der Waals surface area contributed by atoms with E-state index in [1.165, 1.54) is 11.3 Å². The van der Waals surface area contributed by atoms with E-state index >= 15 is 0 Å². The number of rotatable bonds is 7. The van der Waals surface area contributed by atoms with Crippen molar-refractivity contribution >= 4 is 38.1 Å². The van der Waals surface area contributed by atoms with Gasteiger partial charge >= 0.3 is 0 Å². The first kappa shape index (κ1) is 24.1. The molecule has 1 aromatic carbocycles. The summed E-state index contributed by atoms with van der Waals surface area (Å²) in [6.45, 7) is 6.93. The molecule has 10 heteroatoms. The van der Waals surface area contributed by atoms with Crippen molar-refractivity contribution in [1.82, 2.24) is 14.5 Å². The van der Waals surface area contributed by atoms with Crippen LogP contribution in [-0.2, 0) is 16.4 Å². The van der Waals surface area contributed by atoms with Crippen molar-refractivity contribution in [3.63, 3.8) is 0 Å². The average Bonchev–Trinajstić information content (AvgIpc) is 3.25. The van der Waals surface area contributed by atoms with Crippen molar-refractivity contribution in [2.45, 2.75) is 63.7 Å². The number of hydrogen-bond donors (Lipinski definition) is 1. The molecule has 2 aromatic rings. The van der Waals surface area contributed by atoms with Gasteiger partial charge in [-0.2, -0.15) is 4.31 Å². The number of benzene rings is 1. The number of nitrogens with zero attached hydrogens (tertiary/aromatic N) is 4. The van der Waals surface area contributed by atoms with Gasteiger partial charge in [0.1, 0.15) is 9.90 Å². The van der Waals surface area contributed by atoms with Gasteiger partial charge in [0.05, 0.1) is 5.69 Å². The Morgan fingerprint density at radius 2 is 1.70 bits per heavy atom. The molecule has 180 valence electrons. The summed E-state index contributed by atoms with van der Waals surface area (Å²) in [5.41, 5.74) is 1.01. The largest absolute Gasteiger partial charge is 0.370 e.